The average Bonchev–Trinajstić information content (AvgIpc) is 3.31. The van der Waals surface area contributed by atoms with Gasteiger partial charge >= 0.3 is 0 Å². The van der Waals surface area contributed by atoms with Crippen LogP contribution in [0.25, 0.3) is 11.0 Å². The maximum absolute atomic E-state index is 12.8. The number of halogens is 2. The van der Waals surface area contributed by atoms with Gasteiger partial charge in [-0.2, -0.15) is 0 Å². The molecule has 1 amide bonds. The summed E-state index contributed by atoms with van der Waals surface area (Å²) in [6.45, 7) is 1.23. The third kappa shape index (κ3) is 3.47. The second-order valence-corrected chi connectivity index (χ2v) is 8.37. The SMILES string of the molecule is O=C1CC(c2nc3ccccc3n2Cc2ccc(Cl)cc2)CN1c1ccccc1Cl. The van der Waals surface area contributed by atoms with Crippen LogP contribution in [0.1, 0.15) is 23.7 Å². The Bertz CT molecular complexity index is 1230. The molecule has 1 aliphatic rings. The molecule has 2 heterocycles. The molecule has 1 unspecified atom stereocenters. The highest BCUT2D eigenvalue weighted by atomic mass is 35.5. The van der Waals surface area contributed by atoms with Crippen LogP contribution >= 0.6 is 23.2 Å². The molecule has 3 aromatic carbocycles. The summed E-state index contributed by atoms with van der Waals surface area (Å²) in [7, 11) is 0. The number of carbonyl (C=O) groups excluding carboxylic acids is 1. The number of anilines is 1. The number of hydrogen-bond acceptors (Lipinski definition) is 2. The van der Waals surface area contributed by atoms with Gasteiger partial charge in [0.15, 0.2) is 0 Å². The van der Waals surface area contributed by atoms with E-state index in [0.29, 0.717) is 29.6 Å². The lowest BCUT2D eigenvalue weighted by molar-refractivity contribution is -0.117. The molecule has 1 fully saturated rings. The van der Waals surface area contributed by atoms with Crippen molar-refractivity contribution >= 4 is 45.8 Å². The maximum Gasteiger partial charge on any atom is 0.227 e. The monoisotopic (exact) mass is 435 g/mol. The van der Waals surface area contributed by atoms with Crippen LogP contribution in [0.3, 0.4) is 0 Å². The minimum Gasteiger partial charge on any atom is -0.323 e. The van der Waals surface area contributed by atoms with E-state index in [1.807, 2.05) is 66.7 Å². The van der Waals surface area contributed by atoms with Crippen molar-refractivity contribution in [1.29, 1.82) is 0 Å². The molecule has 4 nitrogen and oxygen atoms in total. The van der Waals surface area contributed by atoms with E-state index in [2.05, 4.69) is 10.6 Å². The first-order valence-electron chi connectivity index (χ1n) is 9.84. The highest BCUT2D eigenvalue weighted by Gasteiger charge is 2.35. The van der Waals surface area contributed by atoms with E-state index < -0.39 is 0 Å². The Hall–Kier alpha value is -2.82. The molecule has 1 aromatic heterocycles. The quantitative estimate of drug-likeness (QED) is 0.399. The molecule has 1 saturated heterocycles. The van der Waals surface area contributed by atoms with E-state index in [1.165, 1.54) is 0 Å². The molecule has 6 heteroatoms. The zero-order valence-corrected chi connectivity index (χ0v) is 17.6. The van der Waals surface area contributed by atoms with E-state index in [4.69, 9.17) is 28.2 Å². The number of rotatable bonds is 4. The summed E-state index contributed by atoms with van der Waals surface area (Å²) in [6.07, 6.45) is 0.412. The largest absolute Gasteiger partial charge is 0.323 e. The van der Waals surface area contributed by atoms with E-state index in [1.54, 1.807) is 4.90 Å². The number of nitrogens with zero attached hydrogens (tertiary/aromatic N) is 3. The summed E-state index contributed by atoms with van der Waals surface area (Å²) in [5.74, 6) is 0.987. The van der Waals surface area contributed by atoms with Crippen LogP contribution < -0.4 is 4.90 Å². The minimum atomic E-state index is -0.00604. The number of amides is 1. The lowest BCUT2D eigenvalue weighted by atomic mass is 10.1. The Kier molecular flexibility index (Phi) is 4.97. The normalized spacial score (nSPS) is 16.5. The number of hydrogen-bond donors (Lipinski definition) is 0. The van der Waals surface area contributed by atoms with E-state index in [0.717, 1.165) is 28.1 Å². The van der Waals surface area contributed by atoms with Crippen LogP contribution in [0.15, 0.2) is 72.8 Å². The summed E-state index contributed by atoms with van der Waals surface area (Å²) in [6, 6.07) is 23.4. The number of para-hydroxylation sites is 3. The van der Waals surface area contributed by atoms with E-state index in [9.17, 15) is 4.79 Å². The topological polar surface area (TPSA) is 38.1 Å². The number of aromatic nitrogens is 2. The van der Waals surface area contributed by atoms with Gasteiger partial charge in [-0.15, -0.1) is 0 Å². The Labute approximate surface area is 184 Å². The fourth-order valence-electron chi connectivity index (χ4n) is 4.13. The van der Waals surface area contributed by atoms with E-state index >= 15 is 0 Å². The van der Waals surface area contributed by atoms with Gasteiger partial charge in [0.1, 0.15) is 5.82 Å². The minimum absolute atomic E-state index is 0.00604. The van der Waals surface area contributed by atoms with Gasteiger partial charge < -0.3 is 9.47 Å². The summed E-state index contributed by atoms with van der Waals surface area (Å²) < 4.78 is 2.21. The maximum atomic E-state index is 12.8. The third-order valence-electron chi connectivity index (χ3n) is 5.57. The van der Waals surface area contributed by atoms with Gasteiger partial charge in [-0.3, -0.25) is 4.79 Å². The molecule has 0 aliphatic carbocycles. The lowest BCUT2D eigenvalue weighted by Gasteiger charge is -2.18. The Morgan fingerprint density at radius 1 is 0.933 bits per heavy atom. The molecule has 0 bridgehead atoms. The van der Waals surface area contributed by atoms with Gasteiger partial charge in [0.05, 0.1) is 21.7 Å². The van der Waals surface area contributed by atoms with Crippen molar-refractivity contribution in [3.8, 4) is 0 Å². The number of benzene rings is 3. The summed E-state index contributed by atoms with van der Waals surface area (Å²) in [5.41, 5.74) is 3.89. The van der Waals surface area contributed by atoms with Gasteiger partial charge in [-0.05, 0) is 42.0 Å². The molecular weight excluding hydrogens is 417 g/mol. The Balaban J connectivity index is 1.53. The van der Waals surface area contributed by atoms with Crippen molar-refractivity contribution in [3.05, 3.63) is 94.2 Å². The molecule has 150 valence electrons. The predicted octanol–water partition coefficient (Wildman–Crippen LogP) is 5.91. The highest BCUT2D eigenvalue weighted by Crippen LogP contribution is 2.36. The van der Waals surface area contributed by atoms with Gasteiger partial charge in [-0.1, -0.05) is 59.6 Å². The van der Waals surface area contributed by atoms with Gasteiger partial charge in [0.2, 0.25) is 5.91 Å². The number of imidazole rings is 1. The van der Waals surface area contributed by atoms with Crippen LogP contribution in [0, 0.1) is 0 Å². The smallest absolute Gasteiger partial charge is 0.227 e. The van der Waals surface area contributed by atoms with Crippen molar-refractivity contribution in [2.75, 3.05) is 11.4 Å². The predicted molar refractivity (Wildman–Crippen MR) is 121 cm³/mol. The molecule has 1 atom stereocenters. The summed E-state index contributed by atoms with van der Waals surface area (Å²) in [4.78, 5) is 19.5. The molecule has 1 aliphatic heterocycles. The van der Waals surface area contributed by atoms with Crippen LogP contribution in [0.2, 0.25) is 10.0 Å². The van der Waals surface area contributed by atoms with Gasteiger partial charge in [-0.25, -0.2) is 4.98 Å². The first-order valence-corrected chi connectivity index (χ1v) is 10.6. The van der Waals surface area contributed by atoms with Gasteiger partial charge in [0.25, 0.3) is 0 Å². The molecule has 0 N–H and O–H groups in total. The fraction of sp³-hybridized carbons (Fsp3) is 0.167. The van der Waals surface area contributed by atoms with Crippen LogP contribution in [-0.4, -0.2) is 22.0 Å². The van der Waals surface area contributed by atoms with Crippen molar-refractivity contribution in [1.82, 2.24) is 9.55 Å². The van der Waals surface area contributed by atoms with Crippen LogP contribution in [-0.2, 0) is 11.3 Å². The lowest BCUT2D eigenvalue weighted by Crippen LogP contribution is -2.24. The van der Waals surface area contributed by atoms with E-state index in [-0.39, 0.29) is 11.8 Å². The van der Waals surface area contributed by atoms with Crippen LogP contribution in [0.4, 0.5) is 5.69 Å². The van der Waals surface area contributed by atoms with Crippen molar-refractivity contribution in [2.24, 2.45) is 0 Å². The van der Waals surface area contributed by atoms with Crippen LogP contribution in [0.5, 0.6) is 0 Å². The zero-order valence-electron chi connectivity index (χ0n) is 16.1. The average molecular weight is 436 g/mol. The molecule has 5 rings (SSSR count). The van der Waals surface area contributed by atoms with Crippen molar-refractivity contribution < 1.29 is 4.79 Å². The second-order valence-electron chi connectivity index (χ2n) is 7.53. The van der Waals surface area contributed by atoms with Crippen molar-refractivity contribution in [3.63, 3.8) is 0 Å². The molecule has 0 saturated carbocycles. The Morgan fingerprint density at radius 3 is 2.47 bits per heavy atom. The number of fused-ring (bicyclic) bond motifs is 1. The van der Waals surface area contributed by atoms with Gasteiger partial charge in [0, 0.05) is 30.5 Å². The molecule has 4 aromatic rings. The first kappa shape index (κ1) is 19.2. The molecular formula is C24H19Cl2N3O. The number of carbonyl (C=O) groups is 1. The summed E-state index contributed by atoms with van der Waals surface area (Å²) in [5, 5.41) is 1.30. The molecule has 30 heavy (non-hydrogen) atoms. The fourth-order valence-corrected chi connectivity index (χ4v) is 4.49. The molecule has 0 radical (unpaired) electrons. The molecule has 0 spiro atoms. The third-order valence-corrected chi connectivity index (χ3v) is 6.14. The Morgan fingerprint density at radius 2 is 1.67 bits per heavy atom. The summed E-state index contributed by atoms with van der Waals surface area (Å²) >= 11 is 12.4. The first-order chi connectivity index (χ1) is 14.6. The standard InChI is InChI=1S/C24H19Cl2N3O/c25-18-11-9-16(10-12-18)14-29-22-8-4-2-6-20(22)27-24(29)17-13-23(30)28(15-17)21-7-3-1-5-19(21)26/h1-12,17H,13-15H2. The second kappa shape index (κ2) is 7.78. The highest BCUT2D eigenvalue weighted by molar-refractivity contribution is 6.33. The van der Waals surface area contributed by atoms with Crippen molar-refractivity contribution in [2.45, 2.75) is 18.9 Å². The zero-order chi connectivity index (χ0) is 20.7.